The number of amides is 2. The number of sulfonamides is 1. The number of hydrogen-bond donors (Lipinski definition) is 0. The van der Waals surface area contributed by atoms with Gasteiger partial charge in [0.1, 0.15) is 18.5 Å². The van der Waals surface area contributed by atoms with Gasteiger partial charge in [-0.1, -0.05) is 0 Å². The number of carbonyl (C=O) groups excluding carboxylic acids is 2. The van der Waals surface area contributed by atoms with Crippen LogP contribution in [0.2, 0.25) is 0 Å². The third-order valence-electron chi connectivity index (χ3n) is 4.66. The van der Waals surface area contributed by atoms with E-state index in [4.69, 9.17) is 4.74 Å². The van der Waals surface area contributed by atoms with Gasteiger partial charge in [0.15, 0.2) is 0 Å². The Morgan fingerprint density at radius 3 is 2.58 bits per heavy atom. The minimum absolute atomic E-state index is 0.0481. The van der Waals surface area contributed by atoms with Gasteiger partial charge in [-0.2, -0.15) is 4.31 Å². The monoisotopic (exact) mass is 385 g/mol. The van der Waals surface area contributed by atoms with Gasteiger partial charge < -0.3 is 14.5 Å². The highest BCUT2D eigenvalue weighted by Gasteiger charge is 2.39. The topological polar surface area (TPSA) is 87.2 Å². The molecule has 1 atom stereocenters. The molecule has 1 aromatic carbocycles. The molecule has 3 rings (SSSR count). The van der Waals surface area contributed by atoms with Crippen LogP contribution in [0.4, 0.5) is 15.8 Å². The number of benzene rings is 1. The van der Waals surface area contributed by atoms with Gasteiger partial charge in [-0.3, -0.25) is 9.59 Å². The number of morpholine rings is 1. The third kappa shape index (κ3) is 3.44. The molecule has 0 N–H and O–H groups in total. The van der Waals surface area contributed by atoms with Gasteiger partial charge in [0.2, 0.25) is 15.9 Å². The fourth-order valence-corrected chi connectivity index (χ4v) is 3.80. The molecule has 1 aromatic rings. The van der Waals surface area contributed by atoms with Crippen LogP contribution in [0, 0.1) is 5.82 Å². The van der Waals surface area contributed by atoms with Crippen molar-refractivity contribution < 1.29 is 27.1 Å². The van der Waals surface area contributed by atoms with Crippen molar-refractivity contribution in [2.24, 2.45) is 0 Å². The SMILES string of the molecule is CN(C1CCN(c2ccc(N3CCOCC3=O)cc2F)C1=O)S(C)(=O)=O. The molecule has 2 fully saturated rings. The number of likely N-dealkylation sites (N-methyl/N-ethyl adjacent to an activating group) is 1. The Labute approximate surface area is 151 Å². The van der Waals surface area contributed by atoms with Crippen molar-refractivity contribution in [1.29, 1.82) is 0 Å². The van der Waals surface area contributed by atoms with Gasteiger partial charge in [0, 0.05) is 25.8 Å². The van der Waals surface area contributed by atoms with E-state index in [0.717, 1.165) is 10.6 Å². The average Bonchev–Trinajstić information content (AvgIpc) is 2.95. The molecule has 142 valence electrons. The Morgan fingerprint density at radius 2 is 1.96 bits per heavy atom. The fourth-order valence-electron chi connectivity index (χ4n) is 3.15. The second-order valence-electron chi connectivity index (χ2n) is 6.31. The molecule has 2 aliphatic heterocycles. The van der Waals surface area contributed by atoms with Crippen molar-refractivity contribution in [2.45, 2.75) is 12.5 Å². The third-order valence-corrected chi connectivity index (χ3v) is 5.96. The van der Waals surface area contributed by atoms with Crippen LogP contribution in [0.5, 0.6) is 0 Å². The number of rotatable bonds is 4. The molecule has 10 heteroatoms. The van der Waals surface area contributed by atoms with E-state index in [1.807, 2.05) is 0 Å². The number of nitrogens with zero attached hydrogens (tertiary/aromatic N) is 3. The number of ether oxygens (including phenoxy) is 1. The van der Waals surface area contributed by atoms with Crippen LogP contribution in [0.3, 0.4) is 0 Å². The maximum absolute atomic E-state index is 14.6. The normalized spacial score (nSPS) is 21.8. The lowest BCUT2D eigenvalue weighted by molar-refractivity contribution is -0.125. The van der Waals surface area contributed by atoms with Crippen molar-refractivity contribution in [1.82, 2.24) is 4.31 Å². The van der Waals surface area contributed by atoms with Crippen molar-refractivity contribution in [2.75, 3.05) is 49.4 Å². The first-order valence-corrected chi connectivity index (χ1v) is 9.97. The molecule has 0 bridgehead atoms. The lowest BCUT2D eigenvalue weighted by Gasteiger charge is -2.27. The van der Waals surface area contributed by atoms with Gasteiger partial charge in [0.25, 0.3) is 5.91 Å². The number of hydrogen-bond acceptors (Lipinski definition) is 5. The Balaban J connectivity index is 1.82. The molecule has 2 saturated heterocycles. The Kier molecular flexibility index (Phi) is 5.00. The average molecular weight is 385 g/mol. The first kappa shape index (κ1) is 18.7. The largest absolute Gasteiger partial charge is 0.370 e. The predicted octanol–water partition coefficient (Wildman–Crippen LogP) is 0.186. The van der Waals surface area contributed by atoms with E-state index in [1.54, 1.807) is 6.07 Å². The summed E-state index contributed by atoms with van der Waals surface area (Å²) in [6, 6.07) is 3.38. The summed E-state index contributed by atoms with van der Waals surface area (Å²) >= 11 is 0. The zero-order valence-corrected chi connectivity index (χ0v) is 15.3. The quantitative estimate of drug-likeness (QED) is 0.738. The summed E-state index contributed by atoms with van der Waals surface area (Å²) in [6.45, 7) is 0.879. The van der Waals surface area contributed by atoms with Crippen molar-refractivity contribution in [3.05, 3.63) is 24.0 Å². The highest BCUT2D eigenvalue weighted by atomic mass is 32.2. The van der Waals surface area contributed by atoms with Crippen LogP contribution in [0.25, 0.3) is 0 Å². The maximum Gasteiger partial charge on any atom is 0.253 e. The molecule has 0 aromatic heterocycles. The summed E-state index contributed by atoms with van der Waals surface area (Å²) in [5.74, 6) is -1.36. The minimum atomic E-state index is -3.53. The molecule has 1 unspecified atom stereocenters. The van der Waals surface area contributed by atoms with Crippen LogP contribution in [0.1, 0.15) is 6.42 Å². The van der Waals surface area contributed by atoms with Crippen LogP contribution >= 0.6 is 0 Å². The standard InChI is InChI=1S/C16H20FN3O5S/c1-18(26(2,23)24)14-5-6-20(16(14)22)13-4-3-11(9-12(13)17)19-7-8-25-10-15(19)21/h3-4,9,14H,5-8,10H2,1-2H3. The zero-order valence-electron chi connectivity index (χ0n) is 14.5. The van der Waals surface area contributed by atoms with E-state index in [9.17, 15) is 22.4 Å². The molecule has 0 aliphatic carbocycles. The van der Waals surface area contributed by atoms with Crippen molar-refractivity contribution in [3.8, 4) is 0 Å². The Hall–Kier alpha value is -2.04. The molecule has 2 amide bonds. The smallest absolute Gasteiger partial charge is 0.253 e. The van der Waals surface area contributed by atoms with E-state index in [-0.39, 0.29) is 31.2 Å². The summed E-state index contributed by atoms with van der Waals surface area (Å²) in [7, 11) is -2.19. The Bertz CT molecular complexity index is 844. The predicted molar refractivity (Wildman–Crippen MR) is 92.9 cm³/mol. The fraction of sp³-hybridized carbons (Fsp3) is 0.500. The van der Waals surface area contributed by atoms with Gasteiger partial charge in [-0.15, -0.1) is 0 Å². The van der Waals surface area contributed by atoms with E-state index < -0.39 is 27.8 Å². The first-order valence-electron chi connectivity index (χ1n) is 8.12. The summed E-state index contributed by atoms with van der Waals surface area (Å²) in [5.41, 5.74) is 0.472. The molecule has 2 heterocycles. The second-order valence-corrected chi connectivity index (χ2v) is 8.35. The lowest BCUT2D eigenvalue weighted by atomic mass is 10.2. The minimum Gasteiger partial charge on any atom is -0.370 e. The molecule has 8 nitrogen and oxygen atoms in total. The van der Waals surface area contributed by atoms with E-state index >= 15 is 0 Å². The van der Waals surface area contributed by atoms with Crippen LogP contribution in [-0.4, -0.2) is 70.2 Å². The molecule has 0 spiro atoms. The van der Waals surface area contributed by atoms with Crippen LogP contribution in [-0.2, 0) is 24.3 Å². The summed E-state index contributed by atoms with van der Waals surface area (Å²) < 4.78 is 44.0. The zero-order chi connectivity index (χ0) is 19.1. The molecule has 2 aliphatic rings. The van der Waals surface area contributed by atoms with Crippen LogP contribution < -0.4 is 9.80 Å². The van der Waals surface area contributed by atoms with Gasteiger partial charge in [-0.25, -0.2) is 12.8 Å². The maximum atomic E-state index is 14.6. The molecular weight excluding hydrogens is 365 g/mol. The van der Waals surface area contributed by atoms with Gasteiger partial charge in [-0.05, 0) is 24.6 Å². The highest BCUT2D eigenvalue weighted by molar-refractivity contribution is 7.88. The first-order chi connectivity index (χ1) is 12.2. The molecule has 0 radical (unpaired) electrons. The number of anilines is 2. The van der Waals surface area contributed by atoms with Gasteiger partial charge in [0.05, 0.1) is 18.6 Å². The lowest BCUT2D eigenvalue weighted by Crippen LogP contribution is -2.42. The van der Waals surface area contributed by atoms with E-state index in [1.165, 1.54) is 29.0 Å². The molecule has 26 heavy (non-hydrogen) atoms. The summed E-state index contributed by atoms with van der Waals surface area (Å²) in [4.78, 5) is 27.1. The van der Waals surface area contributed by atoms with Crippen LogP contribution in [0.15, 0.2) is 18.2 Å². The molecule has 0 saturated carbocycles. The second kappa shape index (κ2) is 6.93. The van der Waals surface area contributed by atoms with Crippen molar-refractivity contribution >= 4 is 33.2 Å². The van der Waals surface area contributed by atoms with E-state index in [2.05, 4.69) is 0 Å². The van der Waals surface area contributed by atoms with Gasteiger partial charge >= 0.3 is 0 Å². The Morgan fingerprint density at radius 1 is 1.23 bits per heavy atom. The number of halogens is 1. The molecular formula is C16H20FN3O5S. The highest BCUT2D eigenvalue weighted by Crippen LogP contribution is 2.30. The van der Waals surface area contributed by atoms with Crippen molar-refractivity contribution in [3.63, 3.8) is 0 Å². The summed E-state index contributed by atoms with van der Waals surface area (Å²) in [6.07, 6.45) is 1.31. The summed E-state index contributed by atoms with van der Waals surface area (Å²) in [5, 5.41) is 0. The van der Waals surface area contributed by atoms with E-state index in [0.29, 0.717) is 18.8 Å². The number of carbonyl (C=O) groups is 2.